The van der Waals surface area contributed by atoms with Crippen LogP contribution in [0, 0.1) is 6.92 Å². The molecule has 158 valence electrons. The Morgan fingerprint density at radius 3 is 2.48 bits per heavy atom. The van der Waals surface area contributed by atoms with Crippen molar-refractivity contribution in [3.05, 3.63) is 91.1 Å². The second-order valence-corrected chi connectivity index (χ2v) is 7.68. The zero-order valence-electron chi connectivity index (χ0n) is 17.3. The molecule has 4 aromatic rings. The first-order valence-electron chi connectivity index (χ1n) is 9.62. The van der Waals surface area contributed by atoms with Gasteiger partial charge in [0.2, 0.25) is 5.95 Å². The average molecular weight is 437 g/mol. The van der Waals surface area contributed by atoms with E-state index >= 15 is 0 Å². The highest BCUT2D eigenvalue weighted by Gasteiger charge is 2.19. The number of nitrogens with one attached hydrogen (secondary N) is 1. The Morgan fingerprint density at radius 2 is 1.77 bits per heavy atom. The zero-order chi connectivity index (χ0) is 22.1. The predicted molar refractivity (Wildman–Crippen MR) is 123 cm³/mol. The largest absolute Gasteiger partial charge is 0.332 e. The number of rotatable bonds is 5. The summed E-state index contributed by atoms with van der Waals surface area (Å²) in [6, 6.07) is 15.3. The van der Waals surface area contributed by atoms with Gasteiger partial charge in [-0.3, -0.25) is 18.5 Å². The molecule has 0 fully saturated rings. The van der Waals surface area contributed by atoms with Gasteiger partial charge in [0, 0.05) is 24.7 Å². The Hall–Kier alpha value is -3.65. The highest BCUT2D eigenvalue weighted by Crippen LogP contribution is 2.19. The Balaban J connectivity index is 1.83. The summed E-state index contributed by atoms with van der Waals surface area (Å²) in [6.45, 7) is 2.40. The Bertz CT molecular complexity index is 1410. The smallest absolute Gasteiger partial charge is 0.298 e. The van der Waals surface area contributed by atoms with Gasteiger partial charge < -0.3 is 0 Å². The maximum atomic E-state index is 12.9. The Labute approximate surface area is 183 Å². The first kappa shape index (κ1) is 20.6. The summed E-state index contributed by atoms with van der Waals surface area (Å²) < 4.78 is 4.16. The lowest BCUT2D eigenvalue weighted by Crippen LogP contribution is -2.37. The third-order valence-corrected chi connectivity index (χ3v) is 5.43. The minimum atomic E-state index is -0.441. The molecule has 0 bridgehead atoms. The molecule has 0 aliphatic carbocycles. The fraction of sp³-hybridized carbons (Fsp3) is 0.182. The van der Waals surface area contributed by atoms with Crippen molar-refractivity contribution in [1.82, 2.24) is 18.7 Å². The number of nitrogens with zero attached hydrogens (tertiary/aromatic N) is 5. The van der Waals surface area contributed by atoms with Crippen LogP contribution in [0.15, 0.2) is 63.2 Å². The van der Waals surface area contributed by atoms with Gasteiger partial charge in [0.25, 0.3) is 5.56 Å². The Morgan fingerprint density at radius 1 is 1.06 bits per heavy atom. The van der Waals surface area contributed by atoms with Crippen LogP contribution in [0.2, 0.25) is 5.02 Å². The van der Waals surface area contributed by atoms with E-state index in [4.69, 9.17) is 11.6 Å². The number of halogens is 1. The van der Waals surface area contributed by atoms with Gasteiger partial charge in [0.1, 0.15) is 0 Å². The van der Waals surface area contributed by atoms with Crippen LogP contribution in [0.5, 0.6) is 0 Å². The number of aryl methyl sites for hydroxylation is 2. The van der Waals surface area contributed by atoms with Crippen molar-refractivity contribution >= 4 is 34.9 Å². The lowest BCUT2D eigenvalue weighted by Gasteiger charge is -2.09. The fourth-order valence-corrected chi connectivity index (χ4v) is 3.49. The molecule has 8 nitrogen and oxygen atoms in total. The van der Waals surface area contributed by atoms with Crippen LogP contribution in [0.25, 0.3) is 11.2 Å². The molecular formula is C22H21ClN6O2. The van der Waals surface area contributed by atoms with Gasteiger partial charge in [-0.25, -0.2) is 10.2 Å². The number of hydrogen-bond acceptors (Lipinski definition) is 5. The summed E-state index contributed by atoms with van der Waals surface area (Å²) in [5.74, 6) is 0.345. The first-order valence-corrected chi connectivity index (χ1v) is 10.00. The van der Waals surface area contributed by atoms with Gasteiger partial charge in [-0.05, 0) is 18.6 Å². The van der Waals surface area contributed by atoms with Crippen molar-refractivity contribution in [2.75, 3.05) is 5.43 Å². The zero-order valence-corrected chi connectivity index (χ0v) is 18.1. The topological polar surface area (TPSA) is 86.2 Å². The van der Waals surface area contributed by atoms with Gasteiger partial charge >= 0.3 is 5.69 Å². The summed E-state index contributed by atoms with van der Waals surface area (Å²) in [7, 11) is 3.04. The summed E-state index contributed by atoms with van der Waals surface area (Å²) in [5.41, 5.74) is 5.51. The maximum Gasteiger partial charge on any atom is 0.332 e. The van der Waals surface area contributed by atoms with Gasteiger partial charge in [-0.15, -0.1) is 0 Å². The molecule has 9 heteroatoms. The lowest BCUT2D eigenvalue weighted by atomic mass is 10.1. The van der Waals surface area contributed by atoms with Gasteiger partial charge in [-0.2, -0.15) is 10.1 Å². The van der Waals surface area contributed by atoms with E-state index in [0.717, 1.165) is 21.3 Å². The van der Waals surface area contributed by atoms with Crippen LogP contribution in [-0.2, 0) is 20.6 Å². The van der Waals surface area contributed by atoms with Crippen molar-refractivity contribution in [2.24, 2.45) is 19.2 Å². The van der Waals surface area contributed by atoms with Crippen molar-refractivity contribution in [3.8, 4) is 0 Å². The molecule has 0 amide bonds. The quantitative estimate of drug-likeness (QED) is 0.385. The van der Waals surface area contributed by atoms with Crippen LogP contribution in [0.4, 0.5) is 5.95 Å². The van der Waals surface area contributed by atoms with Crippen LogP contribution < -0.4 is 16.7 Å². The molecule has 0 spiro atoms. The Kier molecular flexibility index (Phi) is 5.48. The molecular weight excluding hydrogens is 416 g/mol. The summed E-state index contributed by atoms with van der Waals surface area (Å²) >= 11 is 6.18. The normalized spacial score (nSPS) is 11.5. The van der Waals surface area contributed by atoms with E-state index in [-0.39, 0.29) is 5.65 Å². The minimum absolute atomic E-state index is 0.288. The van der Waals surface area contributed by atoms with E-state index in [0.29, 0.717) is 23.0 Å². The molecule has 1 N–H and O–H groups in total. The highest BCUT2D eigenvalue weighted by atomic mass is 35.5. The second kappa shape index (κ2) is 8.23. The van der Waals surface area contributed by atoms with Crippen molar-refractivity contribution in [1.29, 1.82) is 0 Å². The third kappa shape index (κ3) is 3.89. The third-order valence-electron chi connectivity index (χ3n) is 5.08. The van der Waals surface area contributed by atoms with Gasteiger partial charge in [0.05, 0.1) is 12.8 Å². The molecule has 31 heavy (non-hydrogen) atoms. The summed E-state index contributed by atoms with van der Waals surface area (Å²) in [5, 5.41) is 4.82. The molecule has 0 saturated carbocycles. The van der Waals surface area contributed by atoms with Crippen molar-refractivity contribution in [2.45, 2.75) is 13.5 Å². The molecule has 2 aromatic carbocycles. The second-order valence-electron chi connectivity index (χ2n) is 7.28. The lowest BCUT2D eigenvalue weighted by molar-refractivity contribution is 0.702. The van der Waals surface area contributed by atoms with E-state index < -0.39 is 11.2 Å². The van der Waals surface area contributed by atoms with E-state index in [1.807, 2.05) is 49.4 Å². The number of aromatic nitrogens is 4. The van der Waals surface area contributed by atoms with E-state index in [2.05, 4.69) is 15.5 Å². The molecule has 2 heterocycles. The van der Waals surface area contributed by atoms with E-state index in [9.17, 15) is 9.59 Å². The van der Waals surface area contributed by atoms with Crippen LogP contribution >= 0.6 is 11.6 Å². The molecule has 0 atom stereocenters. The monoisotopic (exact) mass is 436 g/mol. The standard InChI is InChI=1S/C22H21ClN6O2/c1-14-8-10-15(11-9-14)13-29-18-19(27(2)22(31)28(3)20(18)30)25-21(29)26-24-12-16-6-4-5-7-17(16)23/h4-12H,13H2,1-3H3,(H,25,26)/b24-12+. The van der Waals surface area contributed by atoms with E-state index in [1.165, 1.54) is 11.6 Å². The number of imidazole rings is 1. The number of anilines is 1. The van der Waals surface area contributed by atoms with Crippen LogP contribution in [0.1, 0.15) is 16.7 Å². The van der Waals surface area contributed by atoms with Crippen LogP contribution in [0.3, 0.4) is 0 Å². The fourth-order valence-electron chi connectivity index (χ4n) is 3.30. The van der Waals surface area contributed by atoms with Gasteiger partial charge in [-0.1, -0.05) is 59.6 Å². The van der Waals surface area contributed by atoms with E-state index in [1.54, 1.807) is 23.9 Å². The molecule has 0 unspecified atom stereocenters. The number of hydrogen-bond donors (Lipinski definition) is 1. The molecule has 0 saturated heterocycles. The number of hydrazone groups is 1. The summed E-state index contributed by atoms with van der Waals surface area (Å²) in [6.07, 6.45) is 1.58. The highest BCUT2D eigenvalue weighted by molar-refractivity contribution is 6.33. The predicted octanol–water partition coefficient (Wildman–Crippen LogP) is 2.89. The molecule has 0 aliphatic rings. The molecule has 2 aromatic heterocycles. The summed E-state index contributed by atoms with van der Waals surface area (Å²) in [4.78, 5) is 29.8. The van der Waals surface area contributed by atoms with Crippen molar-refractivity contribution in [3.63, 3.8) is 0 Å². The van der Waals surface area contributed by atoms with Crippen molar-refractivity contribution < 1.29 is 0 Å². The van der Waals surface area contributed by atoms with Crippen LogP contribution in [-0.4, -0.2) is 24.9 Å². The average Bonchev–Trinajstić information content (AvgIpc) is 3.12. The first-order chi connectivity index (χ1) is 14.9. The number of fused-ring (bicyclic) bond motifs is 1. The number of benzene rings is 2. The minimum Gasteiger partial charge on any atom is -0.298 e. The van der Waals surface area contributed by atoms with Gasteiger partial charge in [0.15, 0.2) is 11.2 Å². The SMILES string of the molecule is Cc1ccc(Cn2c(N/N=C/c3ccccc3Cl)nc3c2c(=O)n(C)c(=O)n3C)cc1. The molecule has 0 radical (unpaired) electrons. The molecule has 0 aliphatic heterocycles. The maximum absolute atomic E-state index is 12.9. The molecule has 4 rings (SSSR count).